The smallest absolute Gasteiger partial charge is 0.271 e. The minimum absolute atomic E-state index is 0.0160. The van der Waals surface area contributed by atoms with Gasteiger partial charge in [0.2, 0.25) is 0 Å². The number of nitrogens with two attached hydrogens (primary N) is 1. The molecule has 1 heterocycles. The fourth-order valence-corrected chi connectivity index (χ4v) is 2.05. The molecule has 3 N–H and O–H groups in total. The summed E-state index contributed by atoms with van der Waals surface area (Å²) in [5.74, 6) is 0.608. The zero-order valence-electron chi connectivity index (χ0n) is 10.1. The lowest BCUT2D eigenvalue weighted by Crippen LogP contribution is -2.10. The molecule has 18 heavy (non-hydrogen) atoms. The molecule has 6 heteroatoms. The van der Waals surface area contributed by atoms with Crippen LogP contribution >= 0.6 is 0 Å². The number of nitrogens with one attached hydrogen (secondary N) is 1. The normalized spacial score (nSPS) is 18.8. The van der Waals surface area contributed by atoms with Crippen LogP contribution in [0.15, 0.2) is 18.2 Å². The molecule has 2 rings (SSSR count). The number of nitrogens with zero attached hydrogens (tertiary/aromatic N) is 1. The number of non-ortho nitro benzene ring substituents is 1. The standard InChI is InChI=1S/C12H17N3O3/c13-11-7-10(15(16)17)1-2-12(11)14-5-3-9-4-6-18-8-9/h1-2,7,9,14H,3-6,8,13H2. The van der Waals surface area contributed by atoms with Crippen molar-refractivity contribution >= 4 is 17.1 Å². The molecular formula is C12H17N3O3. The minimum Gasteiger partial charge on any atom is -0.397 e. The van der Waals surface area contributed by atoms with E-state index in [1.807, 2.05) is 0 Å². The van der Waals surface area contributed by atoms with Crippen LogP contribution in [-0.4, -0.2) is 24.7 Å². The third-order valence-corrected chi connectivity index (χ3v) is 3.14. The molecule has 0 saturated carbocycles. The maximum atomic E-state index is 10.6. The van der Waals surface area contributed by atoms with Crippen LogP contribution in [0.2, 0.25) is 0 Å². The Kier molecular flexibility index (Phi) is 3.99. The van der Waals surface area contributed by atoms with Gasteiger partial charge in [-0.3, -0.25) is 10.1 Å². The van der Waals surface area contributed by atoms with E-state index in [4.69, 9.17) is 10.5 Å². The number of benzene rings is 1. The first-order valence-corrected chi connectivity index (χ1v) is 6.02. The van der Waals surface area contributed by atoms with Crippen molar-refractivity contribution in [1.82, 2.24) is 0 Å². The second kappa shape index (κ2) is 5.68. The summed E-state index contributed by atoms with van der Waals surface area (Å²) in [7, 11) is 0. The van der Waals surface area contributed by atoms with Crippen molar-refractivity contribution in [2.45, 2.75) is 12.8 Å². The van der Waals surface area contributed by atoms with Crippen LogP contribution in [0.3, 0.4) is 0 Å². The number of rotatable bonds is 5. The van der Waals surface area contributed by atoms with Crippen LogP contribution in [0.5, 0.6) is 0 Å². The van der Waals surface area contributed by atoms with Gasteiger partial charge in [0.15, 0.2) is 0 Å². The molecule has 1 aromatic rings. The monoisotopic (exact) mass is 251 g/mol. The lowest BCUT2D eigenvalue weighted by atomic mass is 10.1. The molecule has 1 aliphatic rings. The van der Waals surface area contributed by atoms with Crippen molar-refractivity contribution in [3.8, 4) is 0 Å². The summed E-state index contributed by atoms with van der Waals surface area (Å²) >= 11 is 0. The first-order valence-electron chi connectivity index (χ1n) is 6.02. The Labute approximate surface area is 105 Å². The van der Waals surface area contributed by atoms with Crippen LogP contribution in [0, 0.1) is 16.0 Å². The van der Waals surface area contributed by atoms with Gasteiger partial charge < -0.3 is 15.8 Å². The molecule has 6 nitrogen and oxygen atoms in total. The molecule has 0 aromatic heterocycles. The Morgan fingerprint density at radius 2 is 2.39 bits per heavy atom. The third kappa shape index (κ3) is 3.10. The Morgan fingerprint density at radius 1 is 1.56 bits per heavy atom. The molecule has 1 fully saturated rings. The lowest BCUT2D eigenvalue weighted by molar-refractivity contribution is -0.384. The molecule has 98 valence electrons. The highest BCUT2D eigenvalue weighted by molar-refractivity contribution is 5.69. The number of nitrogen functional groups attached to an aromatic ring is 1. The van der Waals surface area contributed by atoms with E-state index in [-0.39, 0.29) is 5.69 Å². The van der Waals surface area contributed by atoms with Gasteiger partial charge in [0, 0.05) is 31.9 Å². The maximum Gasteiger partial charge on any atom is 0.271 e. The Morgan fingerprint density at radius 3 is 3.00 bits per heavy atom. The highest BCUT2D eigenvalue weighted by Gasteiger charge is 2.15. The number of hydrogen-bond acceptors (Lipinski definition) is 5. The molecule has 0 spiro atoms. The van der Waals surface area contributed by atoms with E-state index in [1.54, 1.807) is 6.07 Å². The third-order valence-electron chi connectivity index (χ3n) is 3.14. The van der Waals surface area contributed by atoms with Gasteiger partial charge in [0.25, 0.3) is 5.69 Å². The average molecular weight is 251 g/mol. The van der Waals surface area contributed by atoms with Crippen LogP contribution in [0.25, 0.3) is 0 Å². The predicted octanol–water partition coefficient (Wildman–Crippen LogP) is 2.02. The quantitative estimate of drug-likeness (QED) is 0.474. The zero-order chi connectivity index (χ0) is 13.0. The van der Waals surface area contributed by atoms with Crippen molar-refractivity contribution in [3.63, 3.8) is 0 Å². The molecule has 0 radical (unpaired) electrons. The Bertz CT molecular complexity index is 431. The first kappa shape index (κ1) is 12.6. The van der Waals surface area contributed by atoms with E-state index in [9.17, 15) is 10.1 Å². The molecule has 0 amide bonds. The molecule has 1 saturated heterocycles. The number of anilines is 2. The predicted molar refractivity (Wildman–Crippen MR) is 69.5 cm³/mol. The topological polar surface area (TPSA) is 90.4 Å². The van der Waals surface area contributed by atoms with Gasteiger partial charge in [-0.15, -0.1) is 0 Å². The van der Waals surface area contributed by atoms with Crippen molar-refractivity contribution in [2.24, 2.45) is 5.92 Å². The van der Waals surface area contributed by atoms with E-state index in [0.717, 1.165) is 38.3 Å². The van der Waals surface area contributed by atoms with Crippen molar-refractivity contribution in [2.75, 3.05) is 30.8 Å². The van der Waals surface area contributed by atoms with Gasteiger partial charge >= 0.3 is 0 Å². The number of hydrogen-bond donors (Lipinski definition) is 2. The summed E-state index contributed by atoms with van der Waals surface area (Å²) in [6.07, 6.45) is 2.13. The van der Waals surface area contributed by atoms with Gasteiger partial charge in [-0.1, -0.05) is 0 Å². The lowest BCUT2D eigenvalue weighted by Gasteiger charge is -2.11. The highest BCUT2D eigenvalue weighted by atomic mass is 16.6. The minimum atomic E-state index is -0.448. The van der Waals surface area contributed by atoms with Crippen molar-refractivity contribution in [1.29, 1.82) is 0 Å². The fourth-order valence-electron chi connectivity index (χ4n) is 2.05. The summed E-state index contributed by atoms with van der Waals surface area (Å²) < 4.78 is 5.30. The van der Waals surface area contributed by atoms with E-state index in [2.05, 4.69) is 5.32 Å². The van der Waals surface area contributed by atoms with Gasteiger partial charge in [0.05, 0.1) is 16.3 Å². The zero-order valence-corrected chi connectivity index (χ0v) is 10.1. The first-order chi connectivity index (χ1) is 8.66. The molecule has 0 aliphatic carbocycles. The summed E-state index contributed by atoms with van der Waals surface area (Å²) in [5.41, 5.74) is 6.94. The van der Waals surface area contributed by atoms with Crippen molar-refractivity contribution < 1.29 is 9.66 Å². The Balaban J connectivity index is 1.87. The van der Waals surface area contributed by atoms with E-state index in [0.29, 0.717) is 11.6 Å². The summed E-state index contributed by atoms with van der Waals surface area (Å²) in [6, 6.07) is 4.48. The Hall–Kier alpha value is -1.82. The molecule has 1 aromatic carbocycles. The van der Waals surface area contributed by atoms with Crippen molar-refractivity contribution in [3.05, 3.63) is 28.3 Å². The van der Waals surface area contributed by atoms with Crippen LogP contribution in [-0.2, 0) is 4.74 Å². The second-order valence-corrected chi connectivity index (χ2v) is 4.47. The van der Waals surface area contributed by atoms with E-state index >= 15 is 0 Å². The molecular weight excluding hydrogens is 234 g/mol. The van der Waals surface area contributed by atoms with Crippen LogP contribution < -0.4 is 11.1 Å². The average Bonchev–Trinajstić information content (AvgIpc) is 2.84. The number of nitro groups is 1. The molecule has 0 bridgehead atoms. The summed E-state index contributed by atoms with van der Waals surface area (Å²) in [5, 5.41) is 13.8. The summed E-state index contributed by atoms with van der Waals surface area (Å²) in [6.45, 7) is 2.48. The summed E-state index contributed by atoms with van der Waals surface area (Å²) in [4.78, 5) is 10.1. The van der Waals surface area contributed by atoms with Gasteiger partial charge in [-0.2, -0.15) is 0 Å². The number of nitro benzene ring substituents is 1. The van der Waals surface area contributed by atoms with Crippen LogP contribution in [0.1, 0.15) is 12.8 Å². The molecule has 1 aliphatic heterocycles. The second-order valence-electron chi connectivity index (χ2n) is 4.47. The SMILES string of the molecule is Nc1cc([N+](=O)[O-])ccc1NCCC1CCOC1. The largest absolute Gasteiger partial charge is 0.397 e. The van der Waals surface area contributed by atoms with Gasteiger partial charge in [-0.25, -0.2) is 0 Å². The number of ether oxygens (including phenoxy) is 1. The van der Waals surface area contributed by atoms with E-state index < -0.39 is 4.92 Å². The van der Waals surface area contributed by atoms with Gasteiger partial charge in [0.1, 0.15) is 0 Å². The maximum absolute atomic E-state index is 10.6. The van der Waals surface area contributed by atoms with E-state index in [1.165, 1.54) is 12.1 Å². The molecule has 1 unspecified atom stereocenters. The van der Waals surface area contributed by atoms with Crippen LogP contribution in [0.4, 0.5) is 17.1 Å². The van der Waals surface area contributed by atoms with Gasteiger partial charge in [-0.05, 0) is 24.8 Å². The fraction of sp³-hybridized carbons (Fsp3) is 0.500. The highest BCUT2D eigenvalue weighted by Crippen LogP contribution is 2.24. The molecule has 1 atom stereocenters.